The van der Waals surface area contributed by atoms with Gasteiger partial charge in [0, 0.05) is 25.5 Å². The quantitative estimate of drug-likeness (QED) is 0.912. The lowest BCUT2D eigenvalue weighted by Gasteiger charge is -2.15. The molecule has 0 aliphatic rings. The molecule has 2 aromatic rings. The molecular formula is C14H15BrN2OS. The molecule has 1 aromatic carbocycles. The van der Waals surface area contributed by atoms with E-state index in [1.54, 1.807) is 0 Å². The highest BCUT2D eigenvalue weighted by atomic mass is 79.9. The van der Waals surface area contributed by atoms with E-state index in [0.29, 0.717) is 4.88 Å². The van der Waals surface area contributed by atoms with Crippen LogP contribution in [0.25, 0.3) is 0 Å². The summed E-state index contributed by atoms with van der Waals surface area (Å²) in [6.45, 7) is 1.99. The molecule has 1 N–H and O–H groups in total. The fourth-order valence-corrected chi connectivity index (χ4v) is 2.97. The number of carbonyl (C=O) groups excluding carboxylic acids is 1. The van der Waals surface area contributed by atoms with Crippen LogP contribution in [0.1, 0.15) is 15.2 Å². The van der Waals surface area contributed by atoms with Crippen LogP contribution in [0.3, 0.4) is 0 Å². The highest BCUT2D eigenvalue weighted by Crippen LogP contribution is 2.25. The van der Waals surface area contributed by atoms with E-state index in [2.05, 4.69) is 27.3 Å². The van der Waals surface area contributed by atoms with Gasteiger partial charge in [-0.25, -0.2) is 0 Å². The van der Waals surface area contributed by atoms with E-state index < -0.39 is 0 Å². The van der Waals surface area contributed by atoms with Crippen molar-refractivity contribution in [2.75, 3.05) is 24.3 Å². The van der Waals surface area contributed by atoms with Gasteiger partial charge in [0.2, 0.25) is 0 Å². The Balaban J connectivity index is 2.17. The van der Waals surface area contributed by atoms with Crippen molar-refractivity contribution < 1.29 is 4.79 Å². The molecule has 0 spiro atoms. The number of nitrogens with one attached hydrogen (secondary N) is 1. The number of hydrogen-bond acceptors (Lipinski definition) is 3. The van der Waals surface area contributed by atoms with E-state index in [1.807, 2.05) is 50.2 Å². The summed E-state index contributed by atoms with van der Waals surface area (Å²) in [5.41, 5.74) is 3.02. The van der Waals surface area contributed by atoms with E-state index >= 15 is 0 Å². The maximum absolute atomic E-state index is 12.1. The van der Waals surface area contributed by atoms with Gasteiger partial charge in [0.05, 0.1) is 8.66 Å². The summed E-state index contributed by atoms with van der Waals surface area (Å²) >= 11 is 4.78. The summed E-state index contributed by atoms with van der Waals surface area (Å²) in [5, 5.41) is 2.94. The number of thiophene rings is 1. The summed E-state index contributed by atoms with van der Waals surface area (Å²) in [6.07, 6.45) is 0. The lowest BCUT2D eigenvalue weighted by molar-refractivity contribution is 0.103. The molecule has 0 saturated carbocycles. The Morgan fingerprint density at radius 2 is 2.00 bits per heavy atom. The zero-order chi connectivity index (χ0) is 14.0. The molecule has 1 heterocycles. The predicted octanol–water partition coefficient (Wildman–Crippen LogP) is 4.14. The monoisotopic (exact) mass is 338 g/mol. The van der Waals surface area contributed by atoms with Gasteiger partial charge in [0.15, 0.2) is 0 Å². The Morgan fingerprint density at radius 1 is 1.26 bits per heavy atom. The van der Waals surface area contributed by atoms with E-state index in [4.69, 9.17) is 0 Å². The maximum Gasteiger partial charge on any atom is 0.265 e. The molecule has 3 nitrogen and oxygen atoms in total. The number of amides is 1. The van der Waals surface area contributed by atoms with Crippen molar-refractivity contribution in [3.63, 3.8) is 0 Å². The van der Waals surface area contributed by atoms with E-state index in [-0.39, 0.29) is 5.91 Å². The average Bonchev–Trinajstić information content (AvgIpc) is 2.78. The van der Waals surface area contributed by atoms with Crippen LogP contribution >= 0.6 is 27.3 Å². The van der Waals surface area contributed by atoms with Gasteiger partial charge in [0.25, 0.3) is 5.91 Å². The third-order valence-corrected chi connectivity index (χ3v) is 4.39. The van der Waals surface area contributed by atoms with Crippen LogP contribution in [0.4, 0.5) is 11.4 Å². The van der Waals surface area contributed by atoms with Crippen LogP contribution in [0.5, 0.6) is 0 Å². The van der Waals surface area contributed by atoms with Gasteiger partial charge in [-0.1, -0.05) is 0 Å². The van der Waals surface area contributed by atoms with E-state index in [0.717, 1.165) is 20.7 Å². The van der Waals surface area contributed by atoms with Gasteiger partial charge in [-0.05, 0) is 58.7 Å². The first-order chi connectivity index (χ1) is 8.97. The minimum atomic E-state index is -0.0728. The second kappa shape index (κ2) is 5.75. The molecule has 2 rings (SSSR count). The molecule has 1 amide bonds. The number of hydrogen-bond donors (Lipinski definition) is 1. The minimum Gasteiger partial charge on any atom is -0.378 e. The molecule has 1 aromatic heterocycles. The molecule has 0 saturated heterocycles. The third kappa shape index (κ3) is 3.36. The van der Waals surface area contributed by atoms with Crippen LogP contribution < -0.4 is 10.2 Å². The number of aryl methyl sites for hydroxylation is 1. The minimum absolute atomic E-state index is 0.0728. The van der Waals surface area contributed by atoms with Crippen LogP contribution in [-0.2, 0) is 0 Å². The highest BCUT2D eigenvalue weighted by molar-refractivity contribution is 9.11. The molecule has 0 fully saturated rings. The first kappa shape index (κ1) is 14.1. The summed E-state index contributed by atoms with van der Waals surface area (Å²) in [6, 6.07) is 9.67. The Labute approximate surface area is 125 Å². The van der Waals surface area contributed by atoms with Crippen molar-refractivity contribution in [3.8, 4) is 0 Å². The topological polar surface area (TPSA) is 32.3 Å². The van der Waals surface area contributed by atoms with Crippen molar-refractivity contribution >= 4 is 44.5 Å². The van der Waals surface area contributed by atoms with Crippen LogP contribution in [0, 0.1) is 6.92 Å². The molecule has 0 aliphatic carbocycles. The second-order valence-electron chi connectivity index (χ2n) is 4.45. The standard InChI is InChI=1S/C14H15BrN2OS/c1-9-8-10(17(2)3)4-5-11(9)16-14(18)12-6-7-13(15)19-12/h4-8H,1-3H3,(H,16,18). The van der Waals surface area contributed by atoms with Crippen molar-refractivity contribution in [1.82, 2.24) is 0 Å². The SMILES string of the molecule is Cc1cc(N(C)C)ccc1NC(=O)c1ccc(Br)s1. The number of carbonyl (C=O) groups is 1. The molecule has 0 atom stereocenters. The molecule has 19 heavy (non-hydrogen) atoms. The third-order valence-electron chi connectivity index (χ3n) is 2.77. The molecule has 5 heteroatoms. The van der Waals surface area contributed by atoms with Crippen LogP contribution in [0.2, 0.25) is 0 Å². The summed E-state index contributed by atoms with van der Waals surface area (Å²) in [5.74, 6) is -0.0728. The fourth-order valence-electron chi connectivity index (χ4n) is 1.69. The summed E-state index contributed by atoms with van der Waals surface area (Å²) in [7, 11) is 3.99. The van der Waals surface area contributed by atoms with Gasteiger partial charge < -0.3 is 10.2 Å². The normalized spacial score (nSPS) is 10.3. The first-order valence-electron chi connectivity index (χ1n) is 5.82. The van der Waals surface area contributed by atoms with Gasteiger partial charge in [-0.3, -0.25) is 4.79 Å². The molecule has 0 bridgehead atoms. The Kier molecular flexibility index (Phi) is 4.27. The van der Waals surface area contributed by atoms with Crippen molar-refractivity contribution in [3.05, 3.63) is 44.6 Å². The smallest absolute Gasteiger partial charge is 0.265 e. The lowest BCUT2D eigenvalue weighted by atomic mass is 10.1. The number of benzene rings is 1. The molecule has 100 valence electrons. The van der Waals surface area contributed by atoms with Crippen LogP contribution in [-0.4, -0.2) is 20.0 Å². The lowest BCUT2D eigenvalue weighted by Crippen LogP contribution is -2.12. The number of halogens is 1. The second-order valence-corrected chi connectivity index (χ2v) is 6.91. The van der Waals surface area contributed by atoms with Crippen molar-refractivity contribution in [2.24, 2.45) is 0 Å². The summed E-state index contributed by atoms with van der Waals surface area (Å²) in [4.78, 5) is 14.8. The zero-order valence-electron chi connectivity index (χ0n) is 11.0. The Hall–Kier alpha value is -1.33. The predicted molar refractivity (Wildman–Crippen MR) is 85.5 cm³/mol. The number of rotatable bonds is 3. The van der Waals surface area contributed by atoms with Crippen molar-refractivity contribution in [2.45, 2.75) is 6.92 Å². The van der Waals surface area contributed by atoms with Gasteiger partial charge in [-0.2, -0.15) is 0 Å². The summed E-state index contributed by atoms with van der Waals surface area (Å²) < 4.78 is 0.956. The van der Waals surface area contributed by atoms with Gasteiger partial charge in [0.1, 0.15) is 0 Å². The average molecular weight is 339 g/mol. The van der Waals surface area contributed by atoms with Crippen LogP contribution in [0.15, 0.2) is 34.1 Å². The Morgan fingerprint density at radius 3 is 2.53 bits per heavy atom. The van der Waals surface area contributed by atoms with E-state index in [9.17, 15) is 4.79 Å². The molecule has 0 radical (unpaired) electrons. The maximum atomic E-state index is 12.1. The number of nitrogens with zero attached hydrogens (tertiary/aromatic N) is 1. The Bertz CT molecular complexity index is 607. The van der Waals surface area contributed by atoms with Gasteiger partial charge >= 0.3 is 0 Å². The first-order valence-corrected chi connectivity index (χ1v) is 7.43. The largest absolute Gasteiger partial charge is 0.378 e. The van der Waals surface area contributed by atoms with E-state index in [1.165, 1.54) is 11.3 Å². The number of anilines is 2. The van der Waals surface area contributed by atoms with Gasteiger partial charge in [-0.15, -0.1) is 11.3 Å². The zero-order valence-corrected chi connectivity index (χ0v) is 13.4. The highest BCUT2D eigenvalue weighted by Gasteiger charge is 2.10. The fraction of sp³-hybridized carbons (Fsp3) is 0.214. The molecule has 0 unspecified atom stereocenters. The molecular weight excluding hydrogens is 324 g/mol. The molecule has 0 aliphatic heterocycles. The van der Waals surface area contributed by atoms with Crippen molar-refractivity contribution in [1.29, 1.82) is 0 Å².